The van der Waals surface area contributed by atoms with E-state index < -0.39 is 0 Å². The number of hydrogen-bond acceptors (Lipinski definition) is 3. The highest BCUT2D eigenvalue weighted by molar-refractivity contribution is 6.30. The molecule has 0 aliphatic rings. The van der Waals surface area contributed by atoms with E-state index in [4.69, 9.17) is 27.6 Å². The van der Waals surface area contributed by atoms with E-state index in [-0.39, 0.29) is 5.35 Å². The predicted octanol–water partition coefficient (Wildman–Crippen LogP) is 3.16. The maximum atomic E-state index is 5.86. The molecule has 0 fully saturated rings. The van der Waals surface area contributed by atoms with Crippen LogP contribution in [0.2, 0.25) is 10.4 Å². The van der Waals surface area contributed by atoms with Crippen molar-refractivity contribution in [1.29, 1.82) is 0 Å². The van der Waals surface area contributed by atoms with Gasteiger partial charge >= 0.3 is 5.35 Å². The standard InChI is InChI=1S/C10H8Cl2N2O/c11-8-3-1-2-7(6-8)4-5-9-13-14-10(12)15-9/h1-3,6H,4-5H2. The smallest absolute Gasteiger partial charge is 0.312 e. The van der Waals surface area contributed by atoms with Crippen molar-refractivity contribution in [3.05, 3.63) is 46.1 Å². The fourth-order valence-electron chi connectivity index (χ4n) is 1.28. The first-order valence-electron chi connectivity index (χ1n) is 4.46. The van der Waals surface area contributed by atoms with E-state index in [9.17, 15) is 0 Å². The van der Waals surface area contributed by atoms with Crippen molar-refractivity contribution in [2.45, 2.75) is 12.8 Å². The topological polar surface area (TPSA) is 38.9 Å². The molecule has 0 N–H and O–H groups in total. The maximum Gasteiger partial charge on any atom is 0.312 e. The van der Waals surface area contributed by atoms with E-state index in [1.807, 2.05) is 24.3 Å². The molecule has 0 radical (unpaired) electrons. The van der Waals surface area contributed by atoms with Crippen LogP contribution in [0, 0.1) is 0 Å². The fraction of sp³-hybridized carbons (Fsp3) is 0.200. The zero-order chi connectivity index (χ0) is 10.7. The van der Waals surface area contributed by atoms with Crippen LogP contribution in [0.15, 0.2) is 28.7 Å². The van der Waals surface area contributed by atoms with Gasteiger partial charge in [-0.1, -0.05) is 28.8 Å². The van der Waals surface area contributed by atoms with Crippen molar-refractivity contribution >= 4 is 23.2 Å². The van der Waals surface area contributed by atoms with Gasteiger partial charge < -0.3 is 4.42 Å². The average molecular weight is 243 g/mol. The highest BCUT2D eigenvalue weighted by Crippen LogP contribution is 2.13. The second-order valence-corrected chi connectivity index (χ2v) is 3.84. The lowest BCUT2D eigenvalue weighted by Crippen LogP contribution is -1.91. The van der Waals surface area contributed by atoms with E-state index in [1.165, 1.54) is 0 Å². The number of aryl methyl sites for hydroxylation is 2. The number of hydrogen-bond donors (Lipinski definition) is 0. The summed E-state index contributed by atoms with van der Waals surface area (Å²) in [5, 5.41) is 8.15. The normalized spacial score (nSPS) is 10.5. The molecule has 1 aromatic carbocycles. The van der Waals surface area contributed by atoms with E-state index in [2.05, 4.69) is 10.2 Å². The summed E-state index contributed by atoms with van der Waals surface area (Å²) in [5.41, 5.74) is 1.14. The number of rotatable bonds is 3. The Labute approximate surface area is 97.0 Å². The van der Waals surface area contributed by atoms with Crippen molar-refractivity contribution in [3.63, 3.8) is 0 Å². The molecule has 5 heteroatoms. The minimum atomic E-state index is 0.0797. The predicted molar refractivity (Wildman–Crippen MR) is 58.2 cm³/mol. The highest BCUT2D eigenvalue weighted by atomic mass is 35.5. The van der Waals surface area contributed by atoms with Gasteiger partial charge in [0.1, 0.15) is 0 Å². The zero-order valence-electron chi connectivity index (χ0n) is 7.78. The Kier molecular flexibility index (Phi) is 3.23. The van der Waals surface area contributed by atoms with E-state index >= 15 is 0 Å². The molecule has 2 rings (SSSR count). The van der Waals surface area contributed by atoms with Gasteiger partial charge in [-0.15, -0.1) is 5.10 Å². The van der Waals surface area contributed by atoms with Gasteiger partial charge in [-0.25, -0.2) is 0 Å². The van der Waals surface area contributed by atoms with Crippen molar-refractivity contribution in [3.8, 4) is 0 Å². The minimum Gasteiger partial charge on any atom is -0.412 e. The molecule has 1 heterocycles. The molecule has 0 aliphatic heterocycles. The summed E-state index contributed by atoms with van der Waals surface area (Å²) >= 11 is 11.4. The van der Waals surface area contributed by atoms with E-state index in [0.29, 0.717) is 12.3 Å². The molecule has 0 atom stereocenters. The summed E-state index contributed by atoms with van der Waals surface area (Å²) < 4.78 is 5.05. The minimum absolute atomic E-state index is 0.0797. The quantitative estimate of drug-likeness (QED) is 0.831. The number of aromatic nitrogens is 2. The summed E-state index contributed by atoms with van der Waals surface area (Å²) in [4.78, 5) is 0. The number of nitrogens with zero attached hydrogens (tertiary/aromatic N) is 2. The molecule has 0 saturated heterocycles. The lowest BCUT2D eigenvalue weighted by atomic mass is 10.1. The van der Waals surface area contributed by atoms with Crippen LogP contribution in [0.1, 0.15) is 11.5 Å². The molecule has 15 heavy (non-hydrogen) atoms. The first-order valence-corrected chi connectivity index (χ1v) is 5.22. The number of benzene rings is 1. The van der Waals surface area contributed by atoms with Gasteiger partial charge in [-0.05, 0) is 35.7 Å². The molecule has 3 nitrogen and oxygen atoms in total. The lowest BCUT2D eigenvalue weighted by molar-refractivity contribution is 0.494. The summed E-state index contributed by atoms with van der Waals surface area (Å²) in [6, 6.07) is 7.68. The molecule has 0 aliphatic carbocycles. The second kappa shape index (κ2) is 4.64. The largest absolute Gasteiger partial charge is 0.412 e. The van der Waals surface area contributed by atoms with Crippen LogP contribution >= 0.6 is 23.2 Å². The first kappa shape index (κ1) is 10.5. The van der Waals surface area contributed by atoms with Crippen molar-refractivity contribution in [1.82, 2.24) is 10.2 Å². The molecular formula is C10H8Cl2N2O. The highest BCUT2D eigenvalue weighted by Gasteiger charge is 2.03. The van der Waals surface area contributed by atoms with Gasteiger partial charge in [-0.3, -0.25) is 0 Å². The molecule has 0 spiro atoms. The average Bonchev–Trinajstić information content (AvgIpc) is 2.62. The Hall–Kier alpha value is -1.06. The Bertz CT molecular complexity index is 456. The van der Waals surface area contributed by atoms with Gasteiger partial charge in [0.15, 0.2) is 0 Å². The van der Waals surface area contributed by atoms with Gasteiger partial charge in [0, 0.05) is 11.4 Å². The molecule has 2 aromatic rings. The van der Waals surface area contributed by atoms with Crippen LogP contribution in [-0.4, -0.2) is 10.2 Å². The SMILES string of the molecule is Clc1cccc(CCc2nnc(Cl)o2)c1. The second-order valence-electron chi connectivity index (χ2n) is 3.08. The molecular weight excluding hydrogens is 235 g/mol. The molecule has 0 unspecified atom stereocenters. The van der Waals surface area contributed by atoms with Gasteiger partial charge in [0.25, 0.3) is 0 Å². The molecule has 0 saturated carbocycles. The Balaban J connectivity index is 1.99. The zero-order valence-corrected chi connectivity index (χ0v) is 9.29. The van der Waals surface area contributed by atoms with Crippen molar-refractivity contribution < 1.29 is 4.42 Å². The van der Waals surface area contributed by atoms with Crippen LogP contribution in [0.25, 0.3) is 0 Å². The molecule has 0 amide bonds. The van der Waals surface area contributed by atoms with Crippen LogP contribution < -0.4 is 0 Å². The van der Waals surface area contributed by atoms with E-state index in [0.717, 1.165) is 17.0 Å². The fourth-order valence-corrected chi connectivity index (χ4v) is 1.62. The lowest BCUT2D eigenvalue weighted by Gasteiger charge is -1.98. The third-order valence-corrected chi connectivity index (χ3v) is 2.35. The Morgan fingerprint density at radius 3 is 2.67 bits per heavy atom. The summed E-state index contributed by atoms with van der Waals surface area (Å²) in [7, 11) is 0. The van der Waals surface area contributed by atoms with Crippen LogP contribution in [0.3, 0.4) is 0 Å². The van der Waals surface area contributed by atoms with Crippen molar-refractivity contribution in [2.24, 2.45) is 0 Å². The van der Waals surface area contributed by atoms with Gasteiger partial charge in [0.05, 0.1) is 0 Å². The third kappa shape index (κ3) is 2.94. The molecule has 78 valence electrons. The monoisotopic (exact) mass is 242 g/mol. The summed E-state index contributed by atoms with van der Waals surface area (Å²) in [6.45, 7) is 0. The Morgan fingerprint density at radius 2 is 2.00 bits per heavy atom. The molecule has 0 bridgehead atoms. The first-order chi connectivity index (χ1) is 7.24. The van der Waals surface area contributed by atoms with Gasteiger partial charge in [-0.2, -0.15) is 0 Å². The summed E-state index contributed by atoms with van der Waals surface area (Å²) in [5.74, 6) is 0.542. The Morgan fingerprint density at radius 1 is 1.13 bits per heavy atom. The van der Waals surface area contributed by atoms with Crippen molar-refractivity contribution in [2.75, 3.05) is 0 Å². The van der Waals surface area contributed by atoms with Crippen LogP contribution in [0.4, 0.5) is 0 Å². The third-order valence-electron chi connectivity index (χ3n) is 1.96. The summed E-state index contributed by atoms with van der Waals surface area (Å²) in [6.07, 6.45) is 1.47. The number of halogens is 2. The molecule has 1 aromatic heterocycles. The van der Waals surface area contributed by atoms with Crippen LogP contribution in [0.5, 0.6) is 0 Å². The van der Waals surface area contributed by atoms with Crippen LogP contribution in [-0.2, 0) is 12.8 Å². The maximum absolute atomic E-state index is 5.86. The van der Waals surface area contributed by atoms with E-state index in [1.54, 1.807) is 0 Å². The van der Waals surface area contributed by atoms with Gasteiger partial charge in [0.2, 0.25) is 5.89 Å².